The Kier molecular flexibility index (Phi) is 1.89. The number of aliphatic imine (C=N–C) groups is 1. The normalized spacial score (nSPS) is 16.5. The molecule has 0 fully saturated rings. The minimum atomic E-state index is -0.320. The number of amides is 1. The largest absolute Gasteiger partial charge is 0.383 e. The first-order chi connectivity index (χ1) is 5.24. The average molecular weight is 151 g/mol. The Morgan fingerprint density at radius 1 is 1.82 bits per heavy atom. The highest BCUT2D eigenvalue weighted by atomic mass is 16.1. The number of hydrogen-bond acceptors (Lipinski definition) is 3. The highest BCUT2D eigenvalue weighted by molar-refractivity contribution is 6.06. The molecule has 1 rings (SSSR count). The number of nitrogens with two attached hydrogens (primary N) is 1. The Morgan fingerprint density at radius 3 is 3.09 bits per heavy atom. The molecule has 0 unspecified atom stereocenters. The summed E-state index contributed by atoms with van der Waals surface area (Å²) in [6.07, 6.45) is 1.60. The Balaban J connectivity index is 2.93. The second-order valence-electron chi connectivity index (χ2n) is 1.87. The standard InChI is InChI=1S/C5H5N5O/c6-5-3(9-10-7)1-2-4(11)8-5/h1H,2H2,(H2,6,8,11). The quantitative estimate of drug-likeness (QED) is 0.334. The highest BCUT2D eigenvalue weighted by Gasteiger charge is 2.09. The van der Waals surface area contributed by atoms with Crippen LogP contribution in [-0.4, -0.2) is 11.7 Å². The number of carbonyl (C=O) groups is 1. The van der Waals surface area contributed by atoms with E-state index in [0.29, 0.717) is 0 Å². The van der Waals surface area contributed by atoms with Gasteiger partial charge in [0.25, 0.3) is 5.91 Å². The fraction of sp³-hybridized carbons (Fsp3) is 0.200. The van der Waals surface area contributed by atoms with Gasteiger partial charge in [0.15, 0.2) is 0 Å². The van der Waals surface area contributed by atoms with E-state index < -0.39 is 0 Å². The summed E-state index contributed by atoms with van der Waals surface area (Å²) in [6, 6.07) is 0. The van der Waals surface area contributed by atoms with E-state index in [-0.39, 0.29) is 23.9 Å². The molecule has 1 aliphatic rings. The minimum absolute atomic E-state index is 0.0148. The van der Waals surface area contributed by atoms with E-state index in [1.165, 1.54) is 6.08 Å². The molecule has 6 nitrogen and oxygen atoms in total. The fourth-order valence-corrected chi connectivity index (χ4v) is 0.666. The van der Waals surface area contributed by atoms with Gasteiger partial charge in [-0.25, -0.2) is 0 Å². The SMILES string of the molecule is [N-]=[N+]=NC1=CCC(=O)N=C1N. The second-order valence-corrected chi connectivity index (χ2v) is 1.87. The predicted octanol–water partition coefficient (Wildman–Crippen LogP) is 0.468. The predicted molar refractivity (Wildman–Crippen MR) is 38.5 cm³/mol. The smallest absolute Gasteiger partial charge is 0.251 e. The Bertz CT molecular complexity index is 296. The first kappa shape index (κ1) is 7.30. The van der Waals surface area contributed by atoms with E-state index in [1.807, 2.05) is 0 Å². The average Bonchev–Trinajstić information content (AvgIpc) is 1.95. The van der Waals surface area contributed by atoms with Gasteiger partial charge in [0.1, 0.15) is 5.84 Å². The number of amidine groups is 1. The molecule has 0 saturated carbocycles. The van der Waals surface area contributed by atoms with Crippen LogP contribution in [0, 0.1) is 0 Å². The van der Waals surface area contributed by atoms with Crippen LogP contribution in [0.4, 0.5) is 0 Å². The van der Waals surface area contributed by atoms with Crippen molar-refractivity contribution < 1.29 is 4.79 Å². The Morgan fingerprint density at radius 2 is 2.55 bits per heavy atom. The van der Waals surface area contributed by atoms with Crippen LogP contribution in [0.2, 0.25) is 0 Å². The van der Waals surface area contributed by atoms with Gasteiger partial charge in [0.2, 0.25) is 0 Å². The number of nitrogens with zero attached hydrogens (tertiary/aromatic N) is 4. The van der Waals surface area contributed by atoms with Crippen molar-refractivity contribution in [2.24, 2.45) is 15.8 Å². The van der Waals surface area contributed by atoms with Crippen molar-refractivity contribution in [1.29, 1.82) is 0 Å². The van der Waals surface area contributed by atoms with Gasteiger partial charge in [-0.3, -0.25) is 4.79 Å². The fourth-order valence-electron chi connectivity index (χ4n) is 0.666. The number of carbonyl (C=O) groups excluding carboxylic acids is 1. The summed E-state index contributed by atoms with van der Waals surface area (Å²) in [7, 11) is 0. The summed E-state index contributed by atoms with van der Waals surface area (Å²) in [4.78, 5) is 16.5. The van der Waals surface area contributed by atoms with Crippen molar-refractivity contribution in [2.75, 3.05) is 0 Å². The zero-order valence-electron chi connectivity index (χ0n) is 5.56. The zero-order chi connectivity index (χ0) is 8.27. The first-order valence-electron chi connectivity index (χ1n) is 2.86. The summed E-state index contributed by atoms with van der Waals surface area (Å²) < 4.78 is 0. The molecule has 0 bridgehead atoms. The van der Waals surface area contributed by atoms with Gasteiger partial charge in [-0.1, -0.05) is 11.2 Å². The second kappa shape index (κ2) is 2.85. The molecule has 2 N–H and O–H groups in total. The maximum atomic E-state index is 10.6. The Hall–Kier alpha value is -1.81. The van der Waals surface area contributed by atoms with E-state index in [9.17, 15) is 4.79 Å². The summed E-state index contributed by atoms with van der Waals surface area (Å²) in [5.41, 5.74) is 13.5. The van der Waals surface area contributed by atoms with Crippen molar-refractivity contribution >= 4 is 11.7 Å². The van der Waals surface area contributed by atoms with Crippen LogP contribution in [0.15, 0.2) is 21.9 Å². The molecule has 0 radical (unpaired) electrons. The first-order valence-corrected chi connectivity index (χ1v) is 2.86. The van der Waals surface area contributed by atoms with E-state index in [2.05, 4.69) is 15.0 Å². The maximum Gasteiger partial charge on any atom is 0.251 e. The number of hydrogen-bond donors (Lipinski definition) is 1. The molecule has 6 heteroatoms. The van der Waals surface area contributed by atoms with Crippen molar-refractivity contribution in [1.82, 2.24) is 0 Å². The molecule has 1 heterocycles. The van der Waals surface area contributed by atoms with Gasteiger partial charge in [-0.15, -0.1) is 0 Å². The van der Waals surface area contributed by atoms with Crippen LogP contribution in [0.1, 0.15) is 6.42 Å². The molecule has 0 aromatic heterocycles. The third-order valence-corrected chi connectivity index (χ3v) is 1.13. The molecule has 0 atom stereocenters. The molecule has 0 saturated heterocycles. The molecule has 0 spiro atoms. The highest BCUT2D eigenvalue weighted by Crippen LogP contribution is 2.06. The van der Waals surface area contributed by atoms with E-state index in [1.54, 1.807) is 0 Å². The van der Waals surface area contributed by atoms with Gasteiger partial charge in [-0.2, -0.15) is 4.99 Å². The summed E-state index contributed by atoms with van der Waals surface area (Å²) in [6.45, 7) is 0. The van der Waals surface area contributed by atoms with Crippen LogP contribution in [0.3, 0.4) is 0 Å². The van der Waals surface area contributed by atoms with Crippen LogP contribution in [0.25, 0.3) is 10.4 Å². The molecule has 0 aromatic carbocycles. The van der Waals surface area contributed by atoms with Crippen molar-refractivity contribution in [2.45, 2.75) is 6.42 Å². The van der Waals surface area contributed by atoms with Crippen LogP contribution < -0.4 is 5.73 Å². The maximum absolute atomic E-state index is 10.6. The van der Waals surface area contributed by atoms with Gasteiger partial charge >= 0.3 is 0 Å². The lowest BCUT2D eigenvalue weighted by Crippen LogP contribution is -2.19. The zero-order valence-corrected chi connectivity index (χ0v) is 5.56. The third-order valence-electron chi connectivity index (χ3n) is 1.13. The number of dihydropyridines is 1. The molecular formula is C5H5N5O. The molecule has 56 valence electrons. The summed E-state index contributed by atoms with van der Waals surface area (Å²) in [5.74, 6) is -0.335. The van der Waals surface area contributed by atoms with Crippen molar-refractivity contribution in [3.8, 4) is 0 Å². The molecule has 1 amide bonds. The van der Waals surface area contributed by atoms with Crippen LogP contribution >= 0.6 is 0 Å². The molecule has 11 heavy (non-hydrogen) atoms. The van der Waals surface area contributed by atoms with Gasteiger partial charge in [-0.05, 0) is 5.53 Å². The van der Waals surface area contributed by atoms with Crippen LogP contribution in [0.5, 0.6) is 0 Å². The number of azide groups is 1. The van der Waals surface area contributed by atoms with Gasteiger partial charge in [0.05, 0.1) is 5.70 Å². The summed E-state index contributed by atoms with van der Waals surface area (Å²) >= 11 is 0. The molecule has 1 aliphatic heterocycles. The lowest BCUT2D eigenvalue weighted by Gasteiger charge is -2.03. The van der Waals surface area contributed by atoms with E-state index >= 15 is 0 Å². The number of rotatable bonds is 1. The lowest BCUT2D eigenvalue weighted by molar-refractivity contribution is -0.117. The van der Waals surface area contributed by atoms with Crippen LogP contribution in [-0.2, 0) is 4.79 Å². The topological polar surface area (TPSA) is 104 Å². The third kappa shape index (κ3) is 1.56. The molecule has 0 aliphatic carbocycles. The minimum Gasteiger partial charge on any atom is -0.383 e. The van der Waals surface area contributed by atoms with Gasteiger partial charge < -0.3 is 5.73 Å². The Labute approximate surface area is 62.0 Å². The molecular weight excluding hydrogens is 146 g/mol. The van der Waals surface area contributed by atoms with E-state index in [0.717, 1.165) is 0 Å². The van der Waals surface area contributed by atoms with Crippen molar-refractivity contribution in [3.05, 3.63) is 22.2 Å². The molecule has 0 aromatic rings. The lowest BCUT2D eigenvalue weighted by atomic mass is 10.2. The van der Waals surface area contributed by atoms with Gasteiger partial charge in [0, 0.05) is 11.3 Å². The van der Waals surface area contributed by atoms with E-state index in [4.69, 9.17) is 11.3 Å². The summed E-state index contributed by atoms with van der Waals surface area (Å²) in [5, 5.41) is 3.23. The van der Waals surface area contributed by atoms with Crippen molar-refractivity contribution in [3.63, 3.8) is 0 Å². The monoisotopic (exact) mass is 151 g/mol.